The summed E-state index contributed by atoms with van der Waals surface area (Å²) in [5.41, 5.74) is 1.56. The first kappa shape index (κ1) is 45.3. The average molecular weight is 869 g/mol. The van der Waals surface area contributed by atoms with Gasteiger partial charge in [-0.25, -0.2) is 0 Å². The second-order valence-corrected chi connectivity index (χ2v) is 21.1. The molecule has 3 saturated carbocycles. The van der Waals surface area contributed by atoms with E-state index in [1.807, 2.05) is 0 Å². The van der Waals surface area contributed by atoms with E-state index < -0.39 is 105 Å². The normalized spacial score (nSPS) is 58.4. The lowest BCUT2D eigenvalue weighted by atomic mass is 9.47. The molecule has 9 rings (SSSR count). The van der Waals surface area contributed by atoms with Gasteiger partial charge in [-0.2, -0.15) is 0 Å². The summed E-state index contributed by atoms with van der Waals surface area (Å²) in [6, 6.07) is 0. The Bertz CT molecular complexity index is 1590. The molecule has 8 fully saturated rings. The molecule has 61 heavy (non-hydrogen) atoms. The molecule has 0 aromatic heterocycles. The highest BCUT2D eigenvalue weighted by molar-refractivity contribution is 5.26. The van der Waals surface area contributed by atoms with Crippen LogP contribution < -0.4 is 0 Å². The molecule has 5 saturated heterocycles. The van der Waals surface area contributed by atoms with Gasteiger partial charge in [0.25, 0.3) is 0 Å². The Balaban J connectivity index is 0.905. The Morgan fingerprint density at radius 2 is 1.33 bits per heavy atom. The summed E-state index contributed by atoms with van der Waals surface area (Å²) in [5, 5.41) is 86.1. The minimum Gasteiger partial charge on any atom is -0.394 e. The van der Waals surface area contributed by atoms with Crippen LogP contribution in [0.2, 0.25) is 0 Å². The largest absolute Gasteiger partial charge is 0.394 e. The molecular formula is C45H72O16. The summed E-state index contributed by atoms with van der Waals surface area (Å²) >= 11 is 0. The van der Waals surface area contributed by atoms with E-state index in [0.717, 1.165) is 45.1 Å². The van der Waals surface area contributed by atoms with Gasteiger partial charge in [-0.05, 0) is 106 Å². The molecule has 348 valence electrons. The number of aliphatic hydroxyl groups is 8. The lowest BCUT2D eigenvalue weighted by molar-refractivity contribution is -0.387. The molecule has 0 radical (unpaired) electrons. The van der Waals surface area contributed by atoms with Crippen molar-refractivity contribution in [2.24, 2.45) is 46.3 Å². The third-order valence-corrected chi connectivity index (χ3v) is 17.6. The summed E-state index contributed by atoms with van der Waals surface area (Å²) in [4.78, 5) is 0. The Morgan fingerprint density at radius 3 is 1.95 bits per heavy atom. The SMILES string of the molecule is C[C@@H]1CC[C@]2(OC1)O[C@H]1C[C@@H]3[C@H]4CC=C5C[C@@H](O[C@@H]6O[C@H](CO)[C@@H](O[C@H]7O[C@H](C)[C@@H](O)[C@@H](O)[C@@H]7O)[C@H](O[C@H]7O[C@@H](C)[C@H](O)[C@@H](O)[C@H]7O)[C@H]6O)CC[C@@]5(C)[C@H]4CC[C@]3(C)[C@H]1[C@@H]2C. The summed E-state index contributed by atoms with van der Waals surface area (Å²) in [6.45, 7) is 12.7. The maximum atomic E-state index is 12.0. The van der Waals surface area contributed by atoms with Crippen LogP contribution in [-0.2, 0) is 37.9 Å². The van der Waals surface area contributed by atoms with E-state index in [1.54, 1.807) is 0 Å². The van der Waals surface area contributed by atoms with Gasteiger partial charge in [-0.1, -0.05) is 39.3 Å². The van der Waals surface area contributed by atoms with Gasteiger partial charge in [0.1, 0.15) is 61.0 Å². The van der Waals surface area contributed by atoms with Crippen molar-refractivity contribution in [2.75, 3.05) is 13.2 Å². The number of hydrogen-bond donors (Lipinski definition) is 8. The van der Waals surface area contributed by atoms with Crippen molar-refractivity contribution >= 4 is 0 Å². The molecule has 0 aromatic rings. The zero-order chi connectivity index (χ0) is 43.5. The van der Waals surface area contributed by atoms with E-state index in [1.165, 1.54) is 25.8 Å². The van der Waals surface area contributed by atoms with Crippen LogP contribution in [0.5, 0.6) is 0 Å². The van der Waals surface area contributed by atoms with Gasteiger partial charge < -0.3 is 78.7 Å². The number of aliphatic hydroxyl groups excluding tert-OH is 8. The summed E-state index contributed by atoms with van der Waals surface area (Å²) < 4.78 is 50.0. The first-order valence-electron chi connectivity index (χ1n) is 23.2. The van der Waals surface area contributed by atoms with Crippen LogP contribution in [0.25, 0.3) is 0 Å². The van der Waals surface area contributed by atoms with Crippen LogP contribution in [0.4, 0.5) is 0 Å². The number of ether oxygens (including phenoxy) is 8. The highest BCUT2D eigenvalue weighted by Crippen LogP contribution is 2.70. The molecule has 5 aliphatic heterocycles. The molecule has 0 aromatic carbocycles. The van der Waals surface area contributed by atoms with Gasteiger partial charge in [-0.15, -0.1) is 0 Å². The van der Waals surface area contributed by atoms with Gasteiger partial charge in [0.15, 0.2) is 24.7 Å². The third kappa shape index (κ3) is 7.42. The Morgan fingerprint density at radius 1 is 0.689 bits per heavy atom. The van der Waals surface area contributed by atoms with Gasteiger partial charge in [0.05, 0.1) is 37.6 Å². The fourth-order valence-electron chi connectivity index (χ4n) is 14.0. The molecule has 0 amide bonds. The standard InChI is InChI=1S/C45H72O16/c1-19-9-14-45(54-18-19)20(2)30-28(61-45)16-27-25-8-7-23-15-24(10-12-43(23,5)26(25)11-13-44(27,30)6)57-42-37(53)39(60-41-36(52)34(50)32(48)22(4)56-41)38(29(17-46)58-42)59-40-35(51)33(49)31(47)21(3)55-40/h7,19-22,24-42,46-53H,8-18H2,1-6H3/t19-,20+,21-,22+,24+,25+,26+,27-,28+,29-,30+,31-,32+,33-,34-,35+,36-,37-,38-,39-,40-,41-,42-,43-,44+,45+/m1/s1. The van der Waals surface area contributed by atoms with Crippen molar-refractivity contribution < 1.29 is 78.7 Å². The molecule has 1 spiro atoms. The topological polar surface area (TPSA) is 236 Å². The molecular weight excluding hydrogens is 796 g/mol. The van der Waals surface area contributed by atoms with E-state index in [-0.39, 0.29) is 23.0 Å². The minimum atomic E-state index is -1.73. The van der Waals surface area contributed by atoms with Crippen molar-refractivity contribution in [1.29, 1.82) is 0 Å². The second-order valence-electron chi connectivity index (χ2n) is 21.1. The maximum absolute atomic E-state index is 12.0. The zero-order valence-corrected chi connectivity index (χ0v) is 36.5. The van der Waals surface area contributed by atoms with Gasteiger partial charge >= 0.3 is 0 Å². The number of hydrogen-bond acceptors (Lipinski definition) is 16. The quantitative estimate of drug-likeness (QED) is 0.168. The van der Waals surface area contributed by atoms with E-state index >= 15 is 0 Å². The Labute approximate surface area is 358 Å². The smallest absolute Gasteiger partial charge is 0.187 e. The molecule has 0 unspecified atom stereocenters. The fourth-order valence-corrected chi connectivity index (χ4v) is 14.0. The molecule has 8 N–H and O–H groups in total. The molecule has 5 heterocycles. The lowest BCUT2D eigenvalue weighted by Gasteiger charge is -2.58. The second kappa shape index (κ2) is 16.8. The van der Waals surface area contributed by atoms with E-state index in [0.29, 0.717) is 48.3 Å². The fraction of sp³-hybridized carbons (Fsp3) is 0.956. The van der Waals surface area contributed by atoms with E-state index in [4.69, 9.17) is 37.9 Å². The van der Waals surface area contributed by atoms with E-state index in [9.17, 15) is 40.9 Å². The first-order chi connectivity index (χ1) is 28.9. The first-order valence-corrected chi connectivity index (χ1v) is 23.2. The van der Waals surface area contributed by atoms with Gasteiger partial charge in [0, 0.05) is 12.3 Å². The van der Waals surface area contributed by atoms with Crippen molar-refractivity contribution in [3.8, 4) is 0 Å². The van der Waals surface area contributed by atoms with Crippen LogP contribution in [0, 0.1) is 46.3 Å². The minimum absolute atomic E-state index is 0.00492. The molecule has 16 heteroatoms. The molecule has 0 bridgehead atoms. The van der Waals surface area contributed by atoms with Gasteiger partial charge in [0.2, 0.25) is 0 Å². The number of fused-ring (bicyclic) bond motifs is 7. The van der Waals surface area contributed by atoms with Crippen LogP contribution in [-0.4, -0.2) is 164 Å². The summed E-state index contributed by atoms with van der Waals surface area (Å²) in [6.07, 6.45) is -10.5. The maximum Gasteiger partial charge on any atom is 0.187 e. The van der Waals surface area contributed by atoms with Crippen molar-refractivity contribution in [3.63, 3.8) is 0 Å². The third-order valence-electron chi connectivity index (χ3n) is 17.6. The molecule has 16 nitrogen and oxygen atoms in total. The molecule has 4 aliphatic carbocycles. The highest BCUT2D eigenvalue weighted by Gasteiger charge is 2.69. The van der Waals surface area contributed by atoms with Crippen molar-refractivity contribution in [3.05, 3.63) is 11.6 Å². The van der Waals surface area contributed by atoms with Crippen LogP contribution in [0.15, 0.2) is 11.6 Å². The van der Waals surface area contributed by atoms with Crippen molar-refractivity contribution in [2.45, 2.75) is 209 Å². The molecule has 26 atom stereocenters. The van der Waals surface area contributed by atoms with Crippen LogP contribution >= 0.6 is 0 Å². The summed E-state index contributed by atoms with van der Waals surface area (Å²) in [5.74, 6) is 2.68. The monoisotopic (exact) mass is 868 g/mol. The molecule has 9 aliphatic rings. The Hall–Kier alpha value is -0.900. The predicted octanol–water partition coefficient (Wildman–Crippen LogP) is 1.24. The van der Waals surface area contributed by atoms with Crippen LogP contribution in [0.1, 0.15) is 99.3 Å². The van der Waals surface area contributed by atoms with Crippen LogP contribution in [0.3, 0.4) is 0 Å². The number of rotatable bonds is 7. The average Bonchev–Trinajstić information content (AvgIpc) is 3.69. The zero-order valence-electron chi connectivity index (χ0n) is 36.5. The Kier molecular flexibility index (Phi) is 12.4. The summed E-state index contributed by atoms with van der Waals surface area (Å²) in [7, 11) is 0. The van der Waals surface area contributed by atoms with Gasteiger partial charge in [-0.3, -0.25) is 0 Å². The number of allylic oxidation sites excluding steroid dienone is 1. The highest BCUT2D eigenvalue weighted by atomic mass is 16.8. The predicted molar refractivity (Wildman–Crippen MR) is 213 cm³/mol. The van der Waals surface area contributed by atoms with E-state index in [2.05, 4.69) is 33.8 Å². The van der Waals surface area contributed by atoms with Crippen molar-refractivity contribution in [1.82, 2.24) is 0 Å². The lowest BCUT2D eigenvalue weighted by Crippen LogP contribution is -2.67.